The van der Waals surface area contributed by atoms with Crippen LogP contribution in [-0.4, -0.2) is 31.6 Å². The predicted octanol–water partition coefficient (Wildman–Crippen LogP) is 1.56. The molecule has 7 heteroatoms. The summed E-state index contributed by atoms with van der Waals surface area (Å²) in [6, 6.07) is 0. The Hall–Kier alpha value is -2.15. The van der Waals surface area contributed by atoms with Gasteiger partial charge in [0.25, 0.3) is 0 Å². The summed E-state index contributed by atoms with van der Waals surface area (Å²) < 4.78 is 11.5. The van der Waals surface area contributed by atoms with E-state index >= 15 is 0 Å². The molecule has 0 unspecified atom stereocenters. The smallest absolute Gasteiger partial charge is 0.348 e. The van der Waals surface area contributed by atoms with Gasteiger partial charge >= 0.3 is 5.97 Å². The molecule has 0 aliphatic heterocycles. The first-order valence-electron chi connectivity index (χ1n) is 6.23. The zero-order valence-electron chi connectivity index (χ0n) is 11.7. The topological polar surface area (TPSA) is 90.4 Å². The highest BCUT2D eigenvalue weighted by atomic mass is 16.5. The Morgan fingerprint density at radius 3 is 2.85 bits per heavy atom. The monoisotopic (exact) mass is 279 g/mol. The summed E-state index contributed by atoms with van der Waals surface area (Å²) >= 11 is 0. The quantitative estimate of drug-likeness (QED) is 0.835. The summed E-state index contributed by atoms with van der Waals surface area (Å²) in [6.45, 7) is 5.81. The van der Waals surface area contributed by atoms with Gasteiger partial charge < -0.3 is 14.4 Å². The van der Waals surface area contributed by atoms with Crippen molar-refractivity contribution in [2.45, 2.75) is 39.3 Å². The maximum Gasteiger partial charge on any atom is 0.348 e. The van der Waals surface area contributed by atoms with E-state index in [2.05, 4.69) is 14.8 Å². The first kappa shape index (κ1) is 14.3. The van der Waals surface area contributed by atoms with Gasteiger partial charge in [-0.1, -0.05) is 5.16 Å². The Morgan fingerprint density at radius 2 is 2.25 bits per heavy atom. The molecule has 0 saturated heterocycles. The first-order valence-corrected chi connectivity index (χ1v) is 6.23. The average molecular weight is 279 g/mol. The van der Waals surface area contributed by atoms with Crippen molar-refractivity contribution in [2.24, 2.45) is 0 Å². The predicted molar refractivity (Wildman–Crippen MR) is 69.3 cm³/mol. The fourth-order valence-corrected chi connectivity index (χ4v) is 1.60. The zero-order chi connectivity index (χ0) is 14.8. The molecule has 1 N–H and O–H groups in total. The lowest BCUT2D eigenvalue weighted by atomic mass is 10.1. The van der Waals surface area contributed by atoms with Crippen LogP contribution in [0.25, 0.3) is 0 Å². The molecule has 0 fully saturated rings. The van der Waals surface area contributed by atoms with Gasteiger partial charge in [0.2, 0.25) is 0 Å². The number of esters is 1. The van der Waals surface area contributed by atoms with Gasteiger partial charge in [-0.25, -0.2) is 4.79 Å². The lowest BCUT2D eigenvalue weighted by Crippen LogP contribution is -2.21. The summed E-state index contributed by atoms with van der Waals surface area (Å²) in [6.07, 6.45) is 4.53. The average Bonchev–Trinajstić information content (AvgIpc) is 2.98. The molecule has 0 radical (unpaired) electrons. The summed E-state index contributed by atoms with van der Waals surface area (Å²) in [5.41, 5.74) is 0.199. The van der Waals surface area contributed by atoms with Gasteiger partial charge in [0, 0.05) is 6.54 Å². The molecule has 0 aliphatic rings. The van der Waals surface area contributed by atoms with Gasteiger partial charge in [-0.2, -0.15) is 5.10 Å². The highest BCUT2D eigenvalue weighted by Crippen LogP contribution is 2.19. The minimum atomic E-state index is -0.766. The van der Waals surface area contributed by atoms with E-state index in [1.165, 1.54) is 18.7 Å². The van der Waals surface area contributed by atoms with Crippen molar-refractivity contribution in [2.75, 3.05) is 0 Å². The molecule has 0 spiro atoms. The molecule has 0 bridgehead atoms. The van der Waals surface area contributed by atoms with E-state index in [1.54, 1.807) is 25.5 Å². The number of ether oxygens (including phenoxy) is 1. The van der Waals surface area contributed by atoms with E-state index in [1.807, 2.05) is 0 Å². The van der Waals surface area contributed by atoms with Crippen molar-refractivity contribution < 1.29 is 19.2 Å². The van der Waals surface area contributed by atoms with Crippen molar-refractivity contribution in [1.82, 2.24) is 14.9 Å². The second-order valence-corrected chi connectivity index (χ2v) is 5.18. The van der Waals surface area contributed by atoms with E-state index in [9.17, 15) is 9.90 Å². The van der Waals surface area contributed by atoms with Crippen LogP contribution < -0.4 is 4.74 Å². The number of carbonyl (C=O) groups excluding carboxylic acids is 1. The number of rotatable bonds is 5. The zero-order valence-corrected chi connectivity index (χ0v) is 11.7. The highest BCUT2D eigenvalue weighted by Gasteiger charge is 2.17. The van der Waals surface area contributed by atoms with E-state index in [0.717, 1.165) is 5.69 Å². The molecule has 20 heavy (non-hydrogen) atoms. The third kappa shape index (κ3) is 3.45. The number of hydrogen-bond donors (Lipinski definition) is 1. The van der Waals surface area contributed by atoms with Crippen LogP contribution in [0.3, 0.4) is 0 Å². The summed E-state index contributed by atoms with van der Waals surface area (Å²) in [4.78, 5) is 11.8. The summed E-state index contributed by atoms with van der Waals surface area (Å²) in [5.74, 6) is -0.164. The van der Waals surface area contributed by atoms with Crippen LogP contribution in [0.4, 0.5) is 0 Å². The second kappa shape index (κ2) is 5.46. The fourth-order valence-electron chi connectivity index (χ4n) is 1.60. The molecule has 7 nitrogen and oxygen atoms in total. The number of aliphatic hydroxyl groups is 1. The summed E-state index contributed by atoms with van der Waals surface area (Å²) in [5, 5.41) is 17.3. The Morgan fingerprint density at radius 1 is 1.50 bits per heavy atom. The van der Waals surface area contributed by atoms with Crippen LogP contribution in [-0.2, 0) is 6.54 Å². The van der Waals surface area contributed by atoms with Crippen LogP contribution in [0.5, 0.6) is 5.75 Å². The molecule has 0 amide bonds. The van der Waals surface area contributed by atoms with Crippen molar-refractivity contribution >= 4 is 5.97 Å². The molecule has 0 atom stereocenters. The molecule has 2 aromatic heterocycles. The van der Waals surface area contributed by atoms with E-state index in [-0.39, 0.29) is 5.56 Å². The Kier molecular flexibility index (Phi) is 3.89. The molecule has 0 saturated carbocycles. The third-order valence-electron chi connectivity index (χ3n) is 2.86. The normalized spacial score (nSPS) is 11.6. The Balaban J connectivity index is 2.03. The largest absolute Gasteiger partial charge is 0.419 e. The minimum absolute atomic E-state index is 0.244. The Bertz CT molecular complexity index is 581. The first-order chi connectivity index (χ1) is 9.37. The molecular formula is C13H17N3O4. The van der Waals surface area contributed by atoms with Crippen molar-refractivity contribution in [1.29, 1.82) is 0 Å². The van der Waals surface area contributed by atoms with E-state index in [0.29, 0.717) is 18.7 Å². The van der Waals surface area contributed by atoms with Gasteiger partial charge in [-0.3, -0.25) is 4.68 Å². The van der Waals surface area contributed by atoms with Crippen LogP contribution in [0, 0.1) is 6.92 Å². The maximum atomic E-state index is 11.8. The van der Waals surface area contributed by atoms with E-state index in [4.69, 9.17) is 4.74 Å². The van der Waals surface area contributed by atoms with Gasteiger partial charge in [-0.05, 0) is 27.2 Å². The lowest BCUT2D eigenvalue weighted by molar-refractivity contribution is 0.0645. The number of aromatic nitrogens is 3. The SMILES string of the molecule is Cc1c(OC(=O)c2cnoc2)cnn1CCC(C)(C)O. The van der Waals surface area contributed by atoms with Crippen LogP contribution in [0.1, 0.15) is 36.3 Å². The standard InChI is InChI=1S/C13H17N3O4/c1-9-11(20-12(17)10-6-15-19-8-10)7-14-16(9)5-4-13(2,3)18/h6-8,18H,4-5H2,1-3H3. The Labute approximate surface area is 116 Å². The fraction of sp³-hybridized carbons (Fsp3) is 0.462. The lowest BCUT2D eigenvalue weighted by Gasteiger charge is -2.17. The number of nitrogens with zero attached hydrogens (tertiary/aromatic N) is 3. The van der Waals surface area contributed by atoms with Gasteiger partial charge in [0.1, 0.15) is 11.8 Å². The highest BCUT2D eigenvalue weighted by molar-refractivity contribution is 5.90. The van der Waals surface area contributed by atoms with E-state index < -0.39 is 11.6 Å². The summed E-state index contributed by atoms with van der Waals surface area (Å²) in [7, 11) is 0. The van der Waals surface area contributed by atoms with Crippen molar-refractivity contribution in [3.63, 3.8) is 0 Å². The van der Waals surface area contributed by atoms with Crippen molar-refractivity contribution in [3.05, 3.63) is 29.9 Å². The molecule has 2 rings (SSSR count). The van der Waals surface area contributed by atoms with Crippen LogP contribution >= 0.6 is 0 Å². The molecular weight excluding hydrogens is 262 g/mol. The second-order valence-electron chi connectivity index (χ2n) is 5.18. The van der Waals surface area contributed by atoms with Gasteiger partial charge in [0.15, 0.2) is 5.75 Å². The molecule has 0 aromatic carbocycles. The molecule has 2 heterocycles. The van der Waals surface area contributed by atoms with Gasteiger partial charge in [-0.15, -0.1) is 0 Å². The van der Waals surface area contributed by atoms with Crippen LogP contribution in [0.15, 0.2) is 23.2 Å². The third-order valence-corrected chi connectivity index (χ3v) is 2.86. The molecule has 2 aromatic rings. The molecule has 0 aliphatic carbocycles. The number of hydrogen-bond acceptors (Lipinski definition) is 6. The molecule has 108 valence electrons. The number of carbonyl (C=O) groups is 1. The van der Waals surface area contributed by atoms with Crippen molar-refractivity contribution in [3.8, 4) is 5.75 Å². The number of aryl methyl sites for hydroxylation is 1. The minimum Gasteiger partial charge on any atom is -0.419 e. The van der Waals surface area contributed by atoms with Crippen LogP contribution in [0.2, 0.25) is 0 Å². The maximum absolute atomic E-state index is 11.8. The van der Waals surface area contributed by atoms with Gasteiger partial charge in [0.05, 0.1) is 23.7 Å².